The molecule has 0 aliphatic carbocycles. The normalized spacial score (nSPS) is 10.4. The Kier molecular flexibility index (Phi) is 3.03. The molecule has 2 nitrogen and oxygen atoms in total. The fourth-order valence-electron chi connectivity index (χ4n) is 1.65. The van der Waals surface area contributed by atoms with Gasteiger partial charge >= 0.3 is 0 Å². The van der Waals surface area contributed by atoms with Gasteiger partial charge in [0.2, 0.25) is 0 Å². The number of amides is 1. The standard InChI is InChI=1S/C12H9Cl2NO/c1-15-12(16)8-5-6-10(14)11-7(8)3-2-4-9(11)13/h2-6H,1H3,(H,15,16). The maximum absolute atomic E-state index is 11.7. The first kappa shape index (κ1) is 11.2. The van der Waals surface area contributed by atoms with Gasteiger partial charge in [0.25, 0.3) is 5.91 Å². The van der Waals surface area contributed by atoms with Crippen molar-refractivity contribution in [2.24, 2.45) is 0 Å². The van der Waals surface area contributed by atoms with E-state index in [1.807, 2.05) is 6.07 Å². The minimum atomic E-state index is -0.149. The molecule has 0 spiro atoms. The molecule has 0 fully saturated rings. The summed E-state index contributed by atoms with van der Waals surface area (Å²) in [5.41, 5.74) is 0.574. The third-order valence-corrected chi connectivity index (χ3v) is 3.04. The zero-order valence-corrected chi connectivity index (χ0v) is 10.1. The van der Waals surface area contributed by atoms with E-state index in [1.165, 1.54) is 0 Å². The average Bonchev–Trinajstić information content (AvgIpc) is 2.28. The minimum absolute atomic E-state index is 0.149. The van der Waals surface area contributed by atoms with Crippen molar-refractivity contribution in [3.05, 3.63) is 45.9 Å². The van der Waals surface area contributed by atoms with Crippen molar-refractivity contribution in [1.82, 2.24) is 5.32 Å². The van der Waals surface area contributed by atoms with Gasteiger partial charge in [-0.15, -0.1) is 0 Å². The molecule has 0 unspecified atom stereocenters. The molecule has 0 aromatic heterocycles. The maximum Gasteiger partial charge on any atom is 0.251 e. The van der Waals surface area contributed by atoms with Crippen LogP contribution in [-0.2, 0) is 0 Å². The van der Waals surface area contributed by atoms with Gasteiger partial charge in [-0.3, -0.25) is 4.79 Å². The fourth-order valence-corrected chi connectivity index (χ4v) is 2.24. The van der Waals surface area contributed by atoms with Crippen molar-refractivity contribution in [2.75, 3.05) is 7.05 Å². The molecule has 0 atom stereocenters. The summed E-state index contributed by atoms with van der Waals surface area (Å²) in [6.07, 6.45) is 0. The Morgan fingerprint density at radius 1 is 1.12 bits per heavy atom. The predicted octanol–water partition coefficient (Wildman–Crippen LogP) is 3.51. The molecule has 0 saturated carbocycles. The number of nitrogens with one attached hydrogen (secondary N) is 1. The van der Waals surface area contributed by atoms with E-state index in [2.05, 4.69) is 5.32 Å². The van der Waals surface area contributed by atoms with Crippen molar-refractivity contribution in [1.29, 1.82) is 0 Å². The molecule has 1 amide bonds. The summed E-state index contributed by atoms with van der Waals surface area (Å²) in [6.45, 7) is 0. The van der Waals surface area contributed by atoms with Gasteiger partial charge in [0.05, 0.1) is 0 Å². The third-order valence-electron chi connectivity index (χ3n) is 2.41. The number of fused-ring (bicyclic) bond motifs is 1. The molecular weight excluding hydrogens is 245 g/mol. The van der Waals surface area contributed by atoms with Crippen LogP contribution < -0.4 is 5.32 Å². The highest BCUT2D eigenvalue weighted by Gasteiger charge is 2.12. The number of rotatable bonds is 1. The zero-order valence-electron chi connectivity index (χ0n) is 8.55. The molecule has 82 valence electrons. The molecule has 1 N–H and O–H groups in total. The Balaban J connectivity index is 2.84. The van der Waals surface area contributed by atoms with Gasteiger partial charge < -0.3 is 5.32 Å². The SMILES string of the molecule is CNC(=O)c1ccc(Cl)c2c(Cl)cccc12. The molecule has 0 aliphatic rings. The van der Waals surface area contributed by atoms with Gasteiger partial charge in [0, 0.05) is 28.0 Å². The number of benzene rings is 2. The van der Waals surface area contributed by atoms with Crippen LogP contribution in [-0.4, -0.2) is 13.0 Å². The molecule has 4 heteroatoms. The third kappa shape index (κ3) is 1.75. The lowest BCUT2D eigenvalue weighted by molar-refractivity contribution is 0.0965. The van der Waals surface area contributed by atoms with Crippen LogP contribution >= 0.6 is 23.2 Å². The van der Waals surface area contributed by atoms with Crippen LogP contribution in [0, 0.1) is 0 Å². The Morgan fingerprint density at radius 3 is 2.50 bits per heavy atom. The van der Waals surface area contributed by atoms with Crippen molar-refractivity contribution in [3.63, 3.8) is 0 Å². The summed E-state index contributed by atoms with van der Waals surface area (Å²) < 4.78 is 0. The van der Waals surface area contributed by atoms with E-state index >= 15 is 0 Å². The average molecular weight is 254 g/mol. The highest BCUT2D eigenvalue weighted by atomic mass is 35.5. The maximum atomic E-state index is 11.7. The number of halogens is 2. The second-order valence-corrected chi connectivity index (χ2v) is 4.15. The van der Waals surface area contributed by atoms with Crippen molar-refractivity contribution in [3.8, 4) is 0 Å². The van der Waals surface area contributed by atoms with Crippen molar-refractivity contribution < 1.29 is 4.79 Å². The first-order valence-electron chi connectivity index (χ1n) is 4.74. The Hall–Kier alpha value is -1.25. The summed E-state index contributed by atoms with van der Waals surface area (Å²) in [5, 5.41) is 5.16. The number of hydrogen-bond acceptors (Lipinski definition) is 1. The van der Waals surface area contributed by atoms with Crippen LogP contribution in [0.4, 0.5) is 0 Å². The van der Waals surface area contributed by atoms with E-state index in [9.17, 15) is 4.79 Å². The Bertz CT molecular complexity index is 558. The molecule has 0 saturated heterocycles. The molecule has 0 heterocycles. The molecule has 0 radical (unpaired) electrons. The molecule has 0 aliphatic heterocycles. The van der Waals surface area contributed by atoms with Crippen molar-refractivity contribution in [2.45, 2.75) is 0 Å². The van der Waals surface area contributed by atoms with Gasteiger partial charge in [-0.25, -0.2) is 0 Å². The van der Waals surface area contributed by atoms with E-state index < -0.39 is 0 Å². The van der Waals surface area contributed by atoms with Gasteiger partial charge in [0.15, 0.2) is 0 Å². The van der Waals surface area contributed by atoms with Gasteiger partial charge in [-0.05, 0) is 23.6 Å². The second kappa shape index (κ2) is 4.32. The van der Waals surface area contributed by atoms with E-state index in [0.717, 1.165) is 5.39 Å². The number of hydrogen-bond donors (Lipinski definition) is 1. The first-order chi connectivity index (χ1) is 7.65. The van der Waals surface area contributed by atoms with Crippen molar-refractivity contribution >= 4 is 39.9 Å². The quantitative estimate of drug-likeness (QED) is 0.828. The summed E-state index contributed by atoms with van der Waals surface area (Å²) in [5.74, 6) is -0.149. The Morgan fingerprint density at radius 2 is 1.81 bits per heavy atom. The molecule has 2 rings (SSSR count). The lowest BCUT2D eigenvalue weighted by Gasteiger charge is -2.08. The second-order valence-electron chi connectivity index (χ2n) is 3.34. The summed E-state index contributed by atoms with van der Waals surface area (Å²) in [6, 6.07) is 8.76. The molecule has 16 heavy (non-hydrogen) atoms. The molecular formula is C12H9Cl2NO. The van der Waals surface area contributed by atoms with E-state index in [-0.39, 0.29) is 5.91 Å². The summed E-state index contributed by atoms with van der Waals surface area (Å²) >= 11 is 12.1. The monoisotopic (exact) mass is 253 g/mol. The van der Waals surface area contributed by atoms with Crippen LogP contribution in [0.15, 0.2) is 30.3 Å². The largest absolute Gasteiger partial charge is 0.355 e. The number of carbonyl (C=O) groups excluding carboxylic acids is 1. The summed E-state index contributed by atoms with van der Waals surface area (Å²) in [4.78, 5) is 11.7. The minimum Gasteiger partial charge on any atom is -0.355 e. The van der Waals surface area contributed by atoms with E-state index in [0.29, 0.717) is 21.0 Å². The van der Waals surface area contributed by atoms with E-state index in [1.54, 1.807) is 31.3 Å². The lowest BCUT2D eigenvalue weighted by Crippen LogP contribution is -2.18. The number of carbonyl (C=O) groups is 1. The highest BCUT2D eigenvalue weighted by Crippen LogP contribution is 2.32. The molecule has 2 aromatic carbocycles. The van der Waals surface area contributed by atoms with Crippen LogP contribution in [0.25, 0.3) is 10.8 Å². The highest BCUT2D eigenvalue weighted by molar-refractivity contribution is 6.42. The molecule has 0 bridgehead atoms. The smallest absolute Gasteiger partial charge is 0.251 e. The van der Waals surface area contributed by atoms with Crippen LogP contribution in [0.2, 0.25) is 10.0 Å². The topological polar surface area (TPSA) is 29.1 Å². The first-order valence-corrected chi connectivity index (χ1v) is 5.49. The van der Waals surface area contributed by atoms with Crippen LogP contribution in [0.5, 0.6) is 0 Å². The summed E-state index contributed by atoms with van der Waals surface area (Å²) in [7, 11) is 1.59. The van der Waals surface area contributed by atoms with Gasteiger partial charge in [0.1, 0.15) is 0 Å². The fraction of sp³-hybridized carbons (Fsp3) is 0.0833. The van der Waals surface area contributed by atoms with Crippen LogP contribution in [0.3, 0.4) is 0 Å². The molecule has 2 aromatic rings. The van der Waals surface area contributed by atoms with Gasteiger partial charge in [-0.1, -0.05) is 35.3 Å². The van der Waals surface area contributed by atoms with Crippen LogP contribution in [0.1, 0.15) is 10.4 Å². The predicted molar refractivity (Wildman–Crippen MR) is 67.4 cm³/mol. The lowest BCUT2D eigenvalue weighted by atomic mass is 10.0. The van der Waals surface area contributed by atoms with E-state index in [4.69, 9.17) is 23.2 Å². The zero-order chi connectivity index (χ0) is 11.7. The Labute approximate surface area is 103 Å². The van der Waals surface area contributed by atoms with Gasteiger partial charge in [-0.2, -0.15) is 0 Å².